The van der Waals surface area contributed by atoms with Crippen LogP contribution in [0.3, 0.4) is 0 Å². The summed E-state index contributed by atoms with van der Waals surface area (Å²) in [7, 11) is 0. The fourth-order valence-electron chi connectivity index (χ4n) is 1.95. The van der Waals surface area contributed by atoms with Crippen LogP contribution >= 0.6 is 0 Å². The first-order valence-corrected chi connectivity index (χ1v) is 5.62. The maximum Gasteiger partial charge on any atom is 0.181 e. The number of nitrogens with zero attached hydrogens (tertiary/aromatic N) is 2. The van der Waals surface area contributed by atoms with Crippen molar-refractivity contribution in [2.45, 2.75) is 33.6 Å². The van der Waals surface area contributed by atoms with Gasteiger partial charge in [0.15, 0.2) is 5.78 Å². The SMILES string of the molecule is CCCC(=O)c1c(C)nc2ccc(C)cn12. The third-order valence-electron chi connectivity index (χ3n) is 2.68. The first-order chi connectivity index (χ1) is 7.63. The molecule has 0 radical (unpaired) electrons. The molecule has 0 saturated carbocycles. The Balaban J connectivity index is 2.62. The van der Waals surface area contributed by atoms with Crippen LogP contribution in [0.1, 0.15) is 41.5 Å². The van der Waals surface area contributed by atoms with E-state index in [1.165, 1.54) is 0 Å². The zero-order valence-electron chi connectivity index (χ0n) is 9.95. The Morgan fingerprint density at radius 2 is 2.12 bits per heavy atom. The average Bonchev–Trinajstić information content (AvgIpc) is 2.53. The van der Waals surface area contributed by atoms with E-state index in [9.17, 15) is 4.79 Å². The number of Topliss-reactive ketones (excluding diaryl/α,β-unsaturated/α-hetero) is 1. The van der Waals surface area contributed by atoms with Crippen LogP contribution in [-0.4, -0.2) is 15.2 Å². The molecule has 16 heavy (non-hydrogen) atoms. The van der Waals surface area contributed by atoms with E-state index in [0.717, 1.165) is 29.0 Å². The second-order valence-electron chi connectivity index (χ2n) is 4.15. The van der Waals surface area contributed by atoms with Gasteiger partial charge in [0.25, 0.3) is 0 Å². The van der Waals surface area contributed by atoms with E-state index in [1.54, 1.807) is 0 Å². The van der Waals surface area contributed by atoms with Crippen LogP contribution in [0, 0.1) is 13.8 Å². The minimum absolute atomic E-state index is 0.179. The monoisotopic (exact) mass is 216 g/mol. The molecule has 2 aromatic heterocycles. The van der Waals surface area contributed by atoms with Gasteiger partial charge in [-0.25, -0.2) is 4.98 Å². The van der Waals surface area contributed by atoms with Crippen molar-refractivity contribution in [3.63, 3.8) is 0 Å². The Morgan fingerprint density at radius 3 is 2.81 bits per heavy atom. The van der Waals surface area contributed by atoms with E-state index in [4.69, 9.17) is 0 Å². The molecule has 3 nitrogen and oxygen atoms in total. The standard InChI is InChI=1S/C13H16N2O/c1-4-5-11(16)13-10(3)14-12-7-6-9(2)8-15(12)13/h6-8H,4-5H2,1-3H3. The van der Waals surface area contributed by atoms with Crippen molar-refractivity contribution in [2.75, 3.05) is 0 Å². The molecular formula is C13H16N2O. The second kappa shape index (κ2) is 4.08. The van der Waals surface area contributed by atoms with Gasteiger partial charge in [-0.2, -0.15) is 0 Å². The predicted octanol–water partition coefficient (Wildman–Crippen LogP) is 2.93. The number of carbonyl (C=O) groups is 1. The zero-order valence-corrected chi connectivity index (χ0v) is 9.95. The van der Waals surface area contributed by atoms with Gasteiger partial charge in [0.1, 0.15) is 11.3 Å². The van der Waals surface area contributed by atoms with Crippen molar-refractivity contribution in [3.05, 3.63) is 35.3 Å². The number of fused-ring (bicyclic) bond motifs is 1. The summed E-state index contributed by atoms with van der Waals surface area (Å²) in [6, 6.07) is 3.96. The van der Waals surface area contributed by atoms with Crippen molar-refractivity contribution >= 4 is 11.4 Å². The molecule has 0 atom stereocenters. The number of hydrogen-bond donors (Lipinski definition) is 0. The first-order valence-electron chi connectivity index (χ1n) is 5.62. The Hall–Kier alpha value is -1.64. The summed E-state index contributed by atoms with van der Waals surface area (Å²) >= 11 is 0. The highest BCUT2D eigenvalue weighted by Crippen LogP contribution is 2.15. The molecule has 2 rings (SSSR count). The van der Waals surface area contributed by atoms with Crippen LogP contribution < -0.4 is 0 Å². The van der Waals surface area contributed by atoms with Crippen molar-refractivity contribution in [1.29, 1.82) is 0 Å². The fourth-order valence-corrected chi connectivity index (χ4v) is 1.95. The number of rotatable bonds is 3. The summed E-state index contributed by atoms with van der Waals surface area (Å²) in [5.74, 6) is 0.179. The maximum absolute atomic E-state index is 12.0. The molecule has 0 aromatic carbocycles. The third-order valence-corrected chi connectivity index (χ3v) is 2.68. The first kappa shape index (κ1) is 10.9. The van der Waals surface area contributed by atoms with Crippen LogP contribution in [0.15, 0.2) is 18.3 Å². The lowest BCUT2D eigenvalue weighted by atomic mass is 10.1. The fraction of sp³-hybridized carbons (Fsp3) is 0.385. The van der Waals surface area contributed by atoms with Gasteiger partial charge in [0.05, 0.1) is 5.69 Å². The number of pyridine rings is 1. The molecule has 0 aliphatic heterocycles. The largest absolute Gasteiger partial charge is 0.297 e. The highest BCUT2D eigenvalue weighted by atomic mass is 16.1. The van der Waals surface area contributed by atoms with Gasteiger partial charge in [-0.15, -0.1) is 0 Å². The smallest absolute Gasteiger partial charge is 0.181 e. The van der Waals surface area contributed by atoms with Crippen LogP contribution in [0.25, 0.3) is 5.65 Å². The van der Waals surface area contributed by atoms with Gasteiger partial charge in [0, 0.05) is 12.6 Å². The van der Waals surface area contributed by atoms with Crippen LogP contribution in [-0.2, 0) is 0 Å². The van der Waals surface area contributed by atoms with E-state index in [1.807, 2.05) is 43.5 Å². The van der Waals surface area contributed by atoms with Crippen LogP contribution in [0.4, 0.5) is 0 Å². The van der Waals surface area contributed by atoms with Gasteiger partial charge in [-0.3, -0.25) is 9.20 Å². The van der Waals surface area contributed by atoms with Gasteiger partial charge < -0.3 is 0 Å². The highest BCUT2D eigenvalue weighted by molar-refractivity contribution is 5.96. The molecule has 2 heterocycles. The Bertz CT molecular complexity index is 540. The van der Waals surface area contributed by atoms with Crippen molar-refractivity contribution in [1.82, 2.24) is 9.38 Å². The number of aryl methyl sites for hydroxylation is 2. The normalized spacial score (nSPS) is 10.9. The number of imidazole rings is 1. The molecule has 0 spiro atoms. The molecule has 0 bridgehead atoms. The van der Waals surface area contributed by atoms with Crippen molar-refractivity contribution < 1.29 is 4.79 Å². The molecule has 0 aliphatic carbocycles. The summed E-state index contributed by atoms with van der Waals surface area (Å²) in [6.07, 6.45) is 3.43. The highest BCUT2D eigenvalue weighted by Gasteiger charge is 2.15. The van der Waals surface area contributed by atoms with Crippen LogP contribution in [0.5, 0.6) is 0 Å². The lowest BCUT2D eigenvalue weighted by Gasteiger charge is -2.02. The van der Waals surface area contributed by atoms with E-state index in [0.29, 0.717) is 6.42 Å². The Kier molecular flexibility index (Phi) is 2.77. The lowest BCUT2D eigenvalue weighted by molar-refractivity contribution is 0.0975. The molecule has 84 valence electrons. The van der Waals surface area contributed by atoms with Crippen molar-refractivity contribution in [3.8, 4) is 0 Å². The molecule has 0 fully saturated rings. The topological polar surface area (TPSA) is 34.4 Å². The van der Waals surface area contributed by atoms with Crippen LogP contribution in [0.2, 0.25) is 0 Å². The van der Waals surface area contributed by atoms with E-state index in [-0.39, 0.29) is 5.78 Å². The molecule has 0 amide bonds. The third kappa shape index (κ3) is 1.73. The maximum atomic E-state index is 12.0. The number of hydrogen-bond acceptors (Lipinski definition) is 2. The second-order valence-corrected chi connectivity index (χ2v) is 4.15. The molecule has 0 N–H and O–H groups in total. The van der Waals surface area contributed by atoms with Crippen molar-refractivity contribution in [2.24, 2.45) is 0 Å². The molecule has 2 aromatic rings. The van der Waals surface area contributed by atoms with E-state index < -0.39 is 0 Å². The molecule has 3 heteroatoms. The number of ketones is 1. The summed E-state index contributed by atoms with van der Waals surface area (Å²) in [5, 5.41) is 0. The Morgan fingerprint density at radius 1 is 1.38 bits per heavy atom. The minimum Gasteiger partial charge on any atom is -0.297 e. The average molecular weight is 216 g/mol. The van der Waals surface area contributed by atoms with E-state index in [2.05, 4.69) is 4.98 Å². The molecule has 0 unspecified atom stereocenters. The molecular weight excluding hydrogens is 200 g/mol. The predicted molar refractivity (Wildman–Crippen MR) is 63.9 cm³/mol. The van der Waals surface area contributed by atoms with Gasteiger partial charge in [0.2, 0.25) is 0 Å². The zero-order chi connectivity index (χ0) is 11.7. The number of aromatic nitrogens is 2. The van der Waals surface area contributed by atoms with E-state index >= 15 is 0 Å². The van der Waals surface area contributed by atoms with Gasteiger partial charge >= 0.3 is 0 Å². The quantitative estimate of drug-likeness (QED) is 0.739. The summed E-state index contributed by atoms with van der Waals surface area (Å²) in [5.41, 5.74) is 3.54. The summed E-state index contributed by atoms with van der Waals surface area (Å²) in [6.45, 7) is 5.93. The molecule has 0 saturated heterocycles. The molecule has 0 aliphatic rings. The lowest BCUT2D eigenvalue weighted by Crippen LogP contribution is -2.04. The number of carbonyl (C=O) groups excluding carboxylic acids is 1. The van der Waals surface area contributed by atoms with Gasteiger partial charge in [-0.1, -0.05) is 13.0 Å². The minimum atomic E-state index is 0.179. The Labute approximate surface area is 95.1 Å². The summed E-state index contributed by atoms with van der Waals surface area (Å²) < 4.78 is 1.91. The van der Waals surface area contributed by atoms with Gasteiger partial charge in [-0.05, 0) is 31.9 Å². The summed E-state index contributed by atoms with van der Waals surface area (Å²) in [4.78, 5) is 16.4.